The largest absolute Gasteiger partial charge is 0.497 e. The number of rotatable bonds is 7. The van der Waals surface area contributed by atoms with Gasteiger partial charge < -0.3 is 14.4 Å². The normalized spacial score (nSPS) is 18.1. The molecule has 1 fully saturated rings. The van der Waals surface area contributed by atoms with Crippen molar-refractivity contribution in [1.82, 2.24) is 0 Å². The molecule has 1 aliphatic heterocycles. The highest BCUT2D eigenvalue weighted by atomic mass is 19.1. The second kappa shape index (κ2) is 8.53. The molecule has 0 N–H and O–H groups in total. The Labute approximate surface area is 173 Å². The minimum Gasteiger partial charge on any atom is -0.497 e. The molecule has 3 aromatic carbocycles. The van der Waals surface area contributed by atoms with Crippen molar-refractivity contribution in [3.05, 3.63) is 90.0 Å². The molecule has 0 spiro atoms. The summed E-state index contributed by atoms with van der Waals surface area (Å²) in [7, 11) is 1.60. The number of hydrogen-bond acceptors (Lipinski definition) is 3. The minimum absolute atomic E-state index is 0.00908. The molecule has 1 heterocycles. The van der Waals surface area contributed by atoms with E-state index in [1.807, 2.05) is 54.6 Å². The highest BCUT2D eigenvalue weighted by Crippen LogP contribution is 2.45. The topological polar surface area (TPSA) is 38.8 Å². The van der Waals surface area contributed by atoms with Crippen molar-refractivity contribution in [3.63, 3.8) is 0 Å². The van der Waals surface area contributed by atoms with Crippen LogP contribution in [-0.2, 0) is 4.79 Å². The monoisotopic (exact) mass is 409 g/mol. The number of amides is 1. The van der Waals surface area contributed by atoms with Crippen molar-refractivity contribution in [3.8, 4) is 11.5 Å². The summed E-state index contributed by atoms with van der Waals surface area (Å²) in [5, 5.41) is 0. The Morgan fingerprint density at radius 1 is 0.967 bits per heavy atom. The first-order chi connectivity index (χ1) is 14.6. The molecule has 0 aromatic heterocycles. The molecule has 1 saturated heterocycles. The summed E-state index contributed by atoms with van der Waals surface area (Å²) in [6.45, 7) is 0.147. The average Bonchev–Trinajstić information content (AvgIpc) is 2.77. The molecule has 1 aliphatic rings. The molecule has 4 rings (SSSR count). The van der Waals surface area contributed by atoms with Gasteiger partial charge in [-0.15, -0.1) is 0 Å². The maximum absolute atomic E-state index is 13.8. The minimum atomic E-state index is -0.757. The third kappa shape index (κ3) is 3.85. The zero-order valence-corrected chi connectivity index (χ0v) is 16.4. The lowest BCUT2D eigenvalue weighted by Crippen LogP contribution is -2.55. The number of para-hydroxylation sites is 1. The number of carbonyl (C=O) groups excluding carboxylic acids is 1. The van der Waals surface area contributed by atoms with Gasteiger partial charge in [-0.25, -0.2) is 8.78 Å². The Kier molecular flexibility index (Phi) is 5.65. The second-order valence-electron chi connectivity index (χ2n) is 7.08. The lowest BCUT2D eigenvalue weighted by molar-refractivity contribution is -0.131. The highest BCUT2D eigenvalue weighted by Gasteiger charge is 2.48. The Morgan fingerprint density at radius 3 is 2.37 bits per heavy atom. The van der Waals surface area contributed by atoms with E-state index in [4.69, 9.17) is 9.47 Å². The van der Waals surface area contributed by atoms with E-state index in [0.717, 1.165) is 29.1 Å². The number of anilines is 1. The molecule has 0 aliphatic carbocycles. The molecule has 154 valence electrons. The molecule has 0 saturated carbocycles. The number of carbonyl (C=O) groups is 1. The summed E-state index contributed by atoms with van der Waals surface area (Å²) in [4.78, 5) is 14.7. The van der Waals surface area contributed by atoms with E-state index in [1.54, 1.807) is 12.0 Å². The molecule has 0 radical (unpaired) electrons. The smallest absolute Gasteiger partial charge is 0.233 e. The number of nitrogens with zero attached hydrogens (tertiary/aromatic N) is 1. The third-order valence-electron chi connectivity index (χ3n) is 5.29. The summed E-state index contributed by atoms with van der Waals surface area (Å²) < 4.78 is 37.6. The molecule has 4 nitrogen and oxygen atoms in total. The van der Waals surface area contributed by atoms with Crippen LogP contribution in [-0.4, -0.2) is 19.6 Å². The van der Waals surface area contributed by atoms with Gasteiger partial charge in [0, 0.05) is 11.8 Å². The van der Waals surface area contributed by atoms with Crippen LogP contribution >= 0.6 is 0 Å². The van der Waals surface area contributed by atoms with Gasteiger partial charge in [-0.3, -0.25) is 4.79 Å². The van der Waals surface area contributed by atoms with Crippen LogP contribution in [0.4, 0.5) is 14.5 Å². The van der Waals surface area contributed by atoms with Crippen LogP contribution in [0.3, 0.4) is 0 Å². The lowest BCUT2D eigenvalue weighted by atomic mass is 9.80. The van der Waals surface area contributed by atoms with E-state index >= 15 is 0 Å². The van der Waals surface area contributed by atoms with Crippen LogP contribution in [0.5, 0.6) is 11.5 Å². The second-order valence-corrected chi connectivity index (χ2v) is 7.08. The van der Waals surface area contributed by atoms with Crippen LogP contribution in [0.1, 0.15) is 18.0 Å². The summed E-state index contributed by atoms with van der Waals surface area (Å²) in [6.07, 6.45) is 0.412. The lowest BCUT2D eigenvalue weighted by Gasteiger charge is -2.47. The molecule has 0 bridgehead atoms. The quantitative estimate of drug-likeness (QED) is 0.507. The molecule has 2 atom stereocenters. The van der Waals surface area contributed by atoms with E-state index in [9.17, 15) is 13.6 Å². The van der Waals surface area contributed by atoms with Crippen molar-refractivity contribution in [2.24, 2.45) is 5.92 Å². The van der Waals surface area contributed by atoms with Gasteiger partial charge >= 0.3 is 0 Å². The number of hydrogen-bond donors (Lipinski definition) is 0. The van der Waals surface area contributed by atoms with Gasteiger partial charge in [-0.1, -0.05) is 30.3 Å². The highest BCUT2D eigenvalue weighted by molar-refractivity contribution is 6.03. The first kappa shape index (κ1) is 19.9. The van der Waals surface area contributed by atoms with E-state index in [1.165, 1.54) is 6.07 Å². The average molecular weight is 409 g/mol. The molecule has 6 heteroatoms. The van der Waals surface area contributed by atoms with Crippen molar-refractivity contribution < 1.29 is 23.0 Å². The maximum atomic E-state index is 13.8. The molecule has 3 aromatic rings. The van der Waals surface area contributed by atoms with E-state index in [-0.39, 0.29) is 30.2 Å². The predicted molar refractivity (Wildman–Crippen MR) is 110 cm³/mol. The molecular weight excluding hydrogens is 388 g/mol. The summed E-state index contributed by atoms with van der Waals surface area (Å²) in [5.74, 6) is -1.02. The fourth-order valence-electron chi connectivity index (χ4n) is 3.78. The summed E-state index contributed by atoms with van der Waals surface area (Å²) >= 11 is 0. The molecule has 0 unspecified atom stereocenters. The van der Waals surface area contributed by atoms with Crippen LogP contribution in [0, 0.1) is 17.6 Å². The van der Waals surface area contributed by atoms with Gasteiger partial charge in [0.05, 0.1) is 25.7 Å². The van der Waals surface area contributed by atoms with Crippen LogP contribution < -0.4 is 14.4 Å². The van der Waals surface area contributed by atoms with E-state index in [0.29, 0.717) is 6.42 Å². The Bertz CT molecular complexity index is 1020. The number of β-lactam (4-membered cyclic amide) rings is 1. The fraction of sp³-hybridized carbons (Fsp3) is 0.208. The van der Waals surface area contributed by atoms with Crippen LogP contribution in [0.2, 0.25) is 0 Å². The van der Waals surface area contributed by atoms with Crippen molar-refractivity contribution in [1.29, 1.82) is 0 Å². The number of ether oxygens (including phenoxy) is 2. The number of halogens is 2. The van der Waals surface area contributed by atoms with Gasteiger partial charge in [0.1, 0.15) is 11.6 Å². The van der Waals surface area contributed by atoms with Crippen LogP contribution in [0.15, 0.2) is 72.8 Å². The van der Waals surface area contributed by atoms with Gasteiger partial charge in [-0.05, 0) is 48.4 Å². The van der Waals surface area contributed by atoms with Gasteiger partial charge in [0.2, 0.25) is 5.91 Å². The molecule has 30 heavy (non-hydrogen) atoms. The summed E-state index contributed by atoms with van der Waals surface area (Å²) in [5.41, 5.74) is 1.81. The molecule has 1 amide bonds. The summed E-state index contributed by atoms with van der Waals surface area (Å²) in [6, 6.07) is 20.1. The van der Waals surface area contributed by atoms with E-state index < -0.39 is 11.6 Å². The maximum Gasteiger partial charge on any atom is 0.233 e. The van der Waals surface area contributed by atoms with Gasteiger partial charge in [0.15, 0.2) is 11.6 Å². The van der Waals surface area contributed by atoms with Gasteiger partial charge in [-0.2, -0.15) is 0 Å². The van der Waals surface area contributed by atoms with E-state index in [2.05, 4.69) is 0 Å². The third-order valence-corrected chi connectivity index (χ3v) is 5.29. The Hall–Kier alpha value is -3.41. The SMILES string of the molecule is COc1ccc([C@@H]2[C@@H](CCOc3ccc(F)cc3F)C(=O)N2c2ccccc2)cc1. The van der Waals surface area contributed by atoms with Crippen molar-refractivity contribution in [2.75, 3.05) is 18.6 Å². The Balaban J connectivity index is 1.52. The van der Waals surface area contributed by atoms with Crippen molar-refractivity contribution >= 4 is 11.6 Å². The fourth-order valence-corrected chi connectivity index (χ4v) is 3.78. The first-order valence-corrected chi connectivity index (χ1v) is 9.68. The zero-order valence-electron chi connectivity index (χ0n) is 16.4. The zero-order chi connectivity index (χ0) is 21.1. The first-order valence-electron chi connectivity index (χ1n) is 9.68. The predicted octanol–water partition coefficient (Wildman–Crippen LogP) is 5.15. The van der Waals surface area contributed by atoms with Crippen molar-refractivity contribution in [2.45, 2.75) is 12.5 Å². The number of benzene rings is 3. The number of methoxy groups -OCH3 is 1. The van der Waals surface area contributed by atoms with Crippen LogP contribution in [0.25, 0.3) is 0 Å². The standard InChI is InChI=1S/C24H21F2NO3/c1-29-19-10-7-16(8-11-19)23-20(24(28)27(23)18-5-3-2-4-6-18)13-14-30-22-12-9-17(25)15-21(22)26/h2-12,15,20,23H,13-14H2,1H3/t20-,23-/m1/s1. The Morgan fingerprint density at radius 2 is 1.70 bits per heavy atom. The molecular formula is C24H21F2NO3. The van der Waals surface area contributed by atoms with Gasteiger partial charge in [0.25, 0.3) is 0 Å².